The van der Waals surface area contributed by atoms with E-state index in [4.69, 9.17) is 13.7 Å². The highest BCUT2D eigenvalue weighted by molar-refractivity contribution is 6.01. The van der Waals surface area contributed by atoms with Crippen molar-refractivity contribution in [1.82, 2.24) is 10.1 Å². The number of hydrogen-bond donors (Lipinski definition) is 0. The molecule has 5 rings (SSSR count). The van der Waals surface area contributed by atoms with E-state index in [1.165, 1.54) is 6.07 Å². The number of benzene rings is 2. The van der Waals surface area contributed by atoms with Gasteiger partial charge in [-0.05, 0) is 25.1 Å². The van der Waals surface area contributed by atoms with Crippen molar-refractivity contribution in [1.29, 1.82) is 0 Å². The molecular formula is C24H20N2O5. The minimum absolute atomic E-state index is 0.0723. The van der Waals surface area contributed by atoms with Crippen LogP contribution in [0.3, 0.4) is 0 Å². The molecule has 1 aliphatic rings. The Morgan fingerprint density at radius 1 is 1.13 bits per heavy atom. The van der Waals surface area contributed by atoms with Crippen LogP contribution in [0.25, 0.3) is 22.2 Å². The zero-order valence-corrected chi connectivity index (χ0v) is 16.9. The first-order valence-corrected chi connectivity index (χ1v) is 10.1. The SMILES string of the molecule is Cc1cc(O[C@@H]2CCN(C(=O)c3ccc4noc(-c5ccccc5)c4c3)C2)cc(=O)o1. The number of carbonyl (C=O) groups is 1. The van der Waals surface area contributed by atoms with E-state index in [2.05, 4.69) is 5.16 Å². The van der Waals surface area contributed by atoms with Gasteiger partial charge in [0.25, 0.3) is 5.91 Å². The van der Waals surface area contributed by atoms with Crippen LogP contribution in [0.1, 0.15) is 22.5 Å². The van der Waals surface area contributed by atoms with Gasteiger partial charge in [-0.2, -0.15) is 0 Å². The summed E-state index contributed by atoms with van der Waals surface area (Å²) in [6.07, 6.45) is 0.514. The van der Waals surface area contributed by atoms with E-state index in [1.54, 1.807) is 30.0 Å². The molecule has 0 N–H and O–H groups in total. The third-order valence-corrected chi connectivity index (χ3v) is 5.36. The quantitative estimate of drug-likeness (QED) is 0.499. The largest absolute Gasteiger partial charge is 0.488 e. The van der Waals surface area contributed by atoms with E-state index in [0.29, 0.717) is 47.9 Å². The lowest BCUT2D eigenvalue weighted by atomic mass is 10.1. The molecule has 3 heterocycles. The lowest BCUT2D eigenvalue weighted by Gasteiger charge is -2.17. The normalized spacial score (nSPS) is 16.0. The summed E-state index contributed by atoms with van der Waals surface area (Å²) in [6.45, 7) is 2.73. The molecule has 4 aromatic rings. The highest BCUT2D eigenvalue weighted by Crippen LogP contribution is 2.30. The molecule has 7 heteroatoms. The summed E-state index contributed by atoms with van der Waals surface area (Å²) in [6, 6.07) is 18.1. The molecule has 1 saturated heterocycles. The predicted octanol–water partition coefficient (Wildman–Crippen LogP) is 4.05. The standard InChI is InChI=1S/C24H20N2O5/c1-15-11-19(13-22(27)29-15)30-18-9-10-26(14-18)24(28)17-7-8-21-20(12-17)23(31-25-21)16-5-3-2-4-6-16/h2-8,11-13,18H,9-10,14H2,1H3/t18-/m1/s1. The van der Waals surface area contributed by atoms with Crippen molar-refractivity contribution in [3.05, 3.63) is 82.4 Å². The molecule has 1 amide bonds. The molecule has 0 saturated carbocycles. The van der Waals surface area contributed by atoms with Gasteiger partial charge >= 0.3 is 5.63 Å². The number of likely N-dealkylation sites (tertiary alicyclic amines) is 1. The number of aromatic nitrogens is 1. The van der Waals surface area contributed by atoms with Crippen LogP contribution in [-0.2, 0) is 0 Å². The highest BCUT2D eigenvalue weighted by Gasteiger charge is 2.29. The van der Waals surface area contributed by atoms with Crippen molar-refractivity contribution < 1.29 is 18.5 Å². The number of aryl methyl sites for hydroxylation is 1. The first-order valence-electron chi connectivity index (χ1n) is 10.1. The summed E-state index contributed by atoms with van der Waals surface area (Å²) >= 11 is 0. The van der Waals surface area contributed by atoms with Crippen LogP contribution >= 0.6 is 0 Å². The van der Waals surface area contributed by atoms with Crippen LogP contribution in [0.15, 0.2) is 74.4 Å². The minimum Gasteiger partial charge on any atom is -0.488 e. The van der Waals surface area contributed by atoms with Gasteiger partial charge in [0.15, 0.2) is 5.76 Å². The summed E-state index contributed by atoms with van der Waals surface area (Å²) in [7, 11) is 0. The van der Waals surface area contributed by atoms with E-state index in [1.807, 2.05) is 36.4 Å². The molecule has 2 aromatic carbocycles. The van der Waals surface area contributed by atoms with Gasteiger partial charge in [-0.3, -0.25) is 4.79 Å². The Labute approximate surface area is 177 Å². The molecule has 156 valence electrons. The second-order valence-corrected chi connectivity index (χ2v) is 7.61. The smallest absolute Gasteiger partial charge is 0.339 e. The van der Waals surface area contributed by atoms with Crippen LogP contribution in [0.5, 0.6) is 5.75 Å². The predicted molar refractivity (Wildman–Crippen MR) is 114 cm³/mol. The topological polar surface area (TPSA) is 85.8 Å². The van der Waals surface area contributed by atoms with E-state index in [9.17, 15) is 9.59 Å². The lowest BCUT2D eigenvalue weighted by molar-refractivity contribution is 0.0772. The second-order valence-electron chi connectivity index (χ2n) is 7.61. The first-order chi connectivity index (χ1) is 15.1. The molecule has 0 radical (unpaired) electrons. The first kappa shape index (κ1) is 19.1. The number of hydrogen-bond acceptors (Lipinski definition) is 6. The Balaban J connectivity index is 1.35. The van der Waals surface area contributed by atoms with Gasteiger partial charge < -0.3 is 18.6 Å². The highest BCUT2D eigenvalue weighted by atomic mass is 16.5. The van der Waals surface area contributed by atoms with Gasteiger partial charge in [-0.1, -0.05) is 35.5 Å². The van der Waals surface area contributed by atoms with Crippen molar-refractivity contribution >= 4 is 16.8 Å². The number of rotatable bonds is 4. The fraction of sp³-hybridized carbons (Fsp3) is 0.208. The summed E-state index contributed by atoms with van der Waals surface area (Å²) in [5.74, 6) is 1.53. The fourth-order valence-corrected chi connectivity index (χ4v) is 3.90. The second kappa shape index (κ2) is 7.75. The minimum atomic E-state index is -0.447. The van der Waals surface area contributed by atoms with Crippen molar-refractivity contribution in [2.24, 2.45) is 0 Å². The number of ether oxygens (including phenoxy) is 1. The summed E-state index contributed by atoms with van der Waals surface area (Å²) in [5.41, 5.74) is 1.74. The van der Waals surface area contributed by atoms with Crippen LogP contribution in [0, 0.1) is 6.92 Å². The van der Waals surface area contributed by atoms with E-state index < -0.39 is 5.63 Å². The molecule has 1 aliphatic heterocycles. The van der Waals surface area contributed by atoms with Gasteiger partial charge in [-0.25, -0.2) is 4.79 Å². The molecule has 0 bridgehead atoms. The third kappa shape index (κ3) is 3.82. The Bertz CT molecular complexity index is 1310. The van der Waals surface area contributed by atoms with Gasteiger partial charge in [0.2, 0.25) is 0 Å². The number of fused-ring (bicyclic) bond motifs is 1. The van der Waals surface area contributed by atoms with E-state index >= 15 is 0 Å². The van der Waals surface area contributed by atoms with Gasteiger partial charge in [0, 0.05) is 30.2 Å². The fourth-order valence-electron chi connectivity index (χ4n) is 3.90. The maximum Gasteiger partial charge on any atom is 0.339 e. The molecular weight excluding hydrogens is 396 g/mol. The Morgan fingerprint density at radius 2 is 1.97 bits per heavy atom. The van der Waals surface area contributed by atoms with Crippen molar-refractivity contribution in [3.8, 4) is 17.1 Å². The van der Waals surface area contributed by atoms with Crippen molar-refractivity contribution in [2.45, 2.75) is 19.4 Å². The van der Waals surface area contributed by atoms with Crippen LogP contribution in [-0.4, -0.2) is 35.2 Å². The van der Waals surface area contributed by atoms with Crippen LogP contribution < -0.4 is 10.4 Å². The van der Waals surface area contributed by atoms with Crippen molar-refractivity contribution in [3.63, 3.8) is 0 Å². The summed E-state index contributed by atoms with van der Waals surface area (Å²) in [5, 5.41) is 4.91. The van der Waals surface area contributed by atoms with Crippen molar-refractivity contribution in [2.75, 3.05) is 13.1 Å². The molecule has 7 nitrogen and oxygen atoms in total. The van der Waals surface area contributed by atoms with E-state index in [0.717, 1.165) is 10.9 Å². The zero-order chi connectivity index (χ0) is 21.4. The summed E-state index contributed by atoms with van der Waals surface area (Å²) < 4.78 is 16.4. The maximum atomic E-state index is 13.1. The van der Waals surface area contributed by atoms with Gasteiger partial charge in [0.1, 0.15) is 23.1 Å². The third-order valence-electron chi connectivity index (χ3n) is 5.36. The Hall–Kier alpha value is -3.87. The number of amides is 1. The molecule has 0 spiro atoms. The molecule has 2 aromatic heterocycles. The van der Waals surface area contributed by atoms with Gasteiger partial charge in [0.05, 0.1) is 18.0 Å². The molecule has 31 heavy (non-hydrogen) atoms. The average Bonchev–Trinajstić information content (AvgIpc) is 3.40. The number of carbonyl (C=O) groups excluding carboxylic acids is 1. The molecule has 0 unspecified atom stereocenters. The molecule has 1 atom stereocenters. The molecule has 0 aliphatic carbocycles. The van der Waals surface area contributed by atoms with Gasteiger partial charge in [-0.15, -0.1) is 0 Å². The average molecular weight is 416 g/mol. The molecule has 1 fully saturated rings. The Morgan fingerprint density at radius 3 is 2.77 bits per heavy atom. The van der Waals surface area contributed by atoms with Crippen LogP contribution in [0.4, 0.5) is 0 Å². The lowest BCUT2D eigenvalue weighted by Crippen LogP contribution is -2.31. The maximum absolute atomic E-state index is 13.1. The number of nitrogens with zero attached hydrogens (tertiary/aromatic N) is 2. The van der Waals surface area contributed by atoms with Crippen LogP contribution in [0.2, 0.25) is 0 Å². The zero-order valence-electron chi connectivity index (χ0n) is 16.9. The summed E-state index contributed by atoms with van der Waals surface area (Å²) in [4.78, 5) is 26.4. The monoisotopic (exact) mass is 416 g/mol. The van der Waals surface area contributed by atoms with E-state index in [-0.39, 0.29) is 12.0 Å². The Kier molecular flexibility index (Phi) is 4.78.